The van der Waals surface area contributed by atoms with Crippen molar-refractivity contribution in [2.75, 3.05) is 13.1 Å². The van der Waals surface area contributed by atoms with Gasteiger partial charge in [0, 0.05) is 36.7 Å². The van der Waals surface area contributed by atoms with E-state index in [-0.39, 0.29) is 47.5 Å². The number of nitrogens with two attached hydrogens (primary N) is 2. The molecule has 0 saturated carbocycles. The van der Waals surface area contributed by atoms with Crippen molar-refractivity contribution in [3.63, 3.8) is 0 Å². The number of aryl methyl sites for hydroxylation is 2. The summed E-state index contributed by atoms with van der Waals surface area (Å²) >= 11 is 1.60. The SMILES string of the molecule is C=C(O)/C=C(/C(N)=N[C@@H]1CCc2ccc(C(=O)NCCCCCNC(=O)C[C@H](N)c3ccc(-c4scnc4C)cc3)cc21)C(C)(C)O. The van der Waals surface area contributed by atoms with Crippen LogP contribution in [0.15, 0.2) is 77.0 Å². The second-order valence-electron chi connectivity index (χ2n) is 12.5. The number of nitrogens with one attached hydrogen (secondary N) is 2. The Labute approximate surface area is 280 Å². The molecule has 1 aliphatic rings. The Bertz CT molecular complexity index is 1640. The summed E-state index contributed by atoms with van der Waals surface area (Å²) in [7, 11) is 0. The zero-order valence-electron chi connectivity index (χ0n) is 27.4. The lowest BCUT2D eigenvalue weighted by molar-refractivity contribution is -0.121. The Morgan fingerprint density at radius 3 is 2.49 bits per heavy atom. The van der Waals surface area contributed by atoms with Crippen molar-refractivity contribution in [2.24, 2.45) is 16.5 Å². The molecule has 11 heteroatoms. The molecule has 0 aliphatic heterocycles. The maximum absolute atomic E-state index is 12.9. The van der Waals surface area contributed by atoms with Gasteiger partial charge in [-0.3, -0.25) is 14.6 Å². The van der Waals surface area contributed by atoms with Gasteiger partial charge in [0.2, 0.25) is 5.91 Å². The van der Waals surface area contributed by atoms with Crippen LogP contribution in [0.5, 0.6) is 0 Å². The molecule has 10 nitrogen and oxygen atoms in total. The molecule has 8 N–H and O–H groups in total. The van der Waals surface area contributed by atoms with Crippen LogP contribution in [-0.4, -0.2) is 51.5 Å². The van der Waals surface area contributed by atoms with Crippen molar-refractivity contribution in [2.45, 2.75) is 77.0 Å². The van der Waals surface area contributed by atoms with E-state index in [0.717, 1.165) is 64.9 Å². The summed E-state index contributed by atoms with van der Waals surface area (Å²) in [5.41, 5.74) is 18.9. The van der Waals surface area contributed by atoms with Gasteiger partial charge in [-0.15, -0.1) is 11.3 Å². The van der Waals surface area contributed by atoms with E-state index in [1.165, 1.54) is 6.08 Å². The molecule has 0 fully saturated rings. The van der Waals surface area contributed by atoms with Gasteiger partial charge in [-0.1, -0.05) is 36.9 Å². The summed E-state index contributed by atoms with van der Waals surface area (Å²) in [6.45, 7) is 9.65. The Kier molecular flexibility index (Phi) is 12.1. The number of nitrogens with zero attached hydrogens (tertiary/aromatic N) is 2. The molecule has 2 amide bonds. The number of rotatable bonds is 15. The lowest BCUT2D eigenvalue weighted by Gasteiger charge is -2.22. The number of unbranched alkanes of at least 4 members (excludes halogenated alkanes) is 2. The first-order valence-electron chi connectivity index (χ1n) is 15.9. The Hall–Kier alpha value is -4.32. The van der Waals surface area contributed by atoms with Crippen LogP contribution >= 0.6 is 11.3 Å². The third kappa shape index (κ3) is 9.84. The van der Waals surface area contributed by atoms with Crippen molar-refractivity contribution in [1.29, 1.82) is 0 Å². The van der Waals surface area contributed by atoms with Gasteiger partial charge < -0.3 is 32.3 Å². The van der Waals surface area contributed by atoms with E-state index >= 15 is 0 Å². The number of aliphatic hydroxyl groups is 2. The standard InChI is InChI=1S/C36H46N6O4S/c1-22(43)18-29(36(3,4)46)34(38)42-31-15-14-24-8-13-27(19-28(24)31)35(45)40-17-7-5-6-16-39-32(44)20-30(37)25-9-11-26(12-10-25)33-23(2)41-21-47-33/h8-13,18-19,21,30-31,43,46H,1,5-7,14-17,20,37H2,2-4H3,(H2,38,42)(H,39,44)(H,40,45)/b29-18-/t30-,31+/m0/s1. The number of allylic oxidation sites excluding steroid dienone is 1. The second-order valence-corrected chi connectivity index (χ2v) is 13.3. The number of carbonyl (C=O) groups excluding carboxylic acids is 2. The zero-order chi connectivity index (χ0) is 34.1. The minimum atomic E-state index is -1.32. The van der Waals surface area contributed by atoms with Gasteiger partial charge >= 0.3 is 0 Å². The topological polar surface area (TPSA) is 176 Å². The fourth-order valence-electron chi connectivity index (χ4n) is 5.63. The van der Waals surface area contributed by atoms with E-state index < -0.39 is 5.60 Å². The smallest absolute Gasteiger partial charge is 0.251 e. The Morgan fingerprint density at radius 1 is 1.15 bits per heavy atom. The van der Waals surface area contributed by atoms with Gasteiger partial charge in [-0.2, -0.15) is 0 Å². The molecule has 3 aromatic rings. The molecular weight excluding hydrogens is 613 g/mol. The van der Waals surface area contributed by atoms with E-state index in [0.29, 0.717) is 18.7 Å². The molecule has 0 radical (unpaired) electrons. The van der Waals surface area contributed by atoms with Gasteiger partial charge in [-0.25, -0.2) is 4.98 Å². The molecule has 2 aromatic carbocycles. The van der Waals surface area contributed by atoms with Crippen molar-refractivity contribution in [1.82, 2.24) is 15.6 Å². The summed E-state index contributed by atoms with van der Waals surface area (Å²) < 4.78 is 0. The Balaban J connectivity index is 1.17. The van der Waals surface area contributed by atoms with Crippen LogP contribution in [0.4, 0.5) is 0 Å². The molecule has 1 heterocycles. The summed E-state index contributed by atoms with van der Waals surface area (Å²) in [5.74, 6) is -0.355. The van der Waals surface area contributed by atoms with Crippen molar-refractivity contribution < 1.29 is 19.8 Å². The van der Waals surface area contributed by atoms with Gasteiger partial charge in [0.15, 0.2) is 0 Å². The molecule has 0 bridgehead atoms. The van der Waals surface area contributed by atoms with Crippen molar-refractivity contribution in [3.05, 3.63) is 99.9 Å². The monoisotopic (exact) mass is 658 g/mol. The zero-order valence-corrected chi connectivity index (χ0v) is 28.2. The van der Waals surface area contributed by atoms with Crippen molar-refractivity contribution in [3.8, 4) is 10.4 Å². The average molecular weight is 659 g/mol. The number of aromatic nitrogens is 1. The quantitative estimate of drug-likeness (QED) is 0.0420. The van der Waals surface area contributed by atoms with E-state index in [2.05, 4.69) is 27.2 Å². The maximum atomic E-state index is 12.9. The van der Waals surface area contributed by atoms with Crippen LogP contribution in [-0.2, 0) is 11.2 Å². The van der Waals surface area contributed by atoms with Gasteiger partial charge in [0.25, 0.3) is 5.91 Å². The fourth-order valence-corrected chi connectivity index (χ4v) is 6.44. The number of amidine groups is 1. The summed E-state index contributed by atoms with van der Waals surface area (Å²) in [4.78, 5) is 35.4. The lowest BCUT2D eigenvalue weighted by atomic mass is 9.96. The highest BCUT2D eigenvalue weighted by molar-refractivity contribution is 7.13. The summed E-state index contributed by atoms with van der Waals surface area (Å²) in [5, 5.41) is 26.1. The highest BCUT2D eigenvalue weighted by atomic mass is 32.1. The third-order valence-electron chi connectivity index (χ3n) is 8.21. The first-order chi connectivity index (χ1) is 22.3. The Morgan fingerprint density at radius 2 is 1.85 bits per heavy atom. The summed E-state index contributed by atoms with van der Waals surface area (Å²) in [6, 6.07) is 13.0. The number of thiazole rings is 1. The van der Waals surface area contributed by atoms with Gasteiger partial charge in [-0.05, 0) is 93.3 Å². The second kappa shape index (κ2) is 16.0. The minimum Gasteiger partial charge on any atom is -0.509 e. The van der Waals surface area contributed by atoms with Crippen LogP contribution in [0.2, 0.25) is 0 Å². The van der Waals surface area contributed by atoms with Gasteiger partial charge in [0.1, 0.15) is 11.6 Å². The average Bonchev–Trinajstić information content (AvgIpc) is 3.63. The maximum Gasteiger partial charge on any atom is 0.251 e. The predicted molar refractivity (Wildman–Crippen MR) is 188 cm³/mol. The van der Waals surface area contributed by atoms with Crippen LogP contribution in [0.25, 0.3) is 10.4 Å². The molecule has 1 aliphatic carbocycles. The molecule has 47 heavy (non-hydrogen) atoms. The van der Waals surface area contributed by atoms with Crippen LogP contribution < -0.4 is 22.1 Å². The van der Waals surface area contributed by atoms with Gasteiger partial charge in [0.05, 0.1) is 27.7 Å². The number of aliphatic hydroxyl groups excluding tert-OH is 1. The third-order valence-corrected chi connectivity index (χ3v) is 9.19. The molecule has 4 rings (SSSR count). The molecule has 0 spiro atoms. The highest BCUT2D eigenvalue weighted by Gasteiger charge is 2.27. The first-order valence-corrected chi connectivity index (χ1v) is 16.8. The predicted octanol–water partition coefficient (Wildman–Crippen LogP) is 5.34. The van der Waals surface area contributed by atoms with Crippen LogP contribution in [0.3, 0.4) is 0 Å². The van der Waals surface area contributed by atoms with Crippen LogP contribution in [0.1, 0.15) is 90.8 Å². The molecule has 250 valence electrons. The summed E-state index contributed by atoms with van der Waals surface area (Å²) in [6.07, 6.45) is 5.48. The first kappa shape index (κ1) is 35.5. The molecule has 0 unspecified atom stereocenters. The van der Waals surface area contributed by atoms with E-state index in [1.807, 2.05) is 54.9 Å². The number of fused-ring (bicyclic) bond motifs is 1. The van der Waals surface area contributed by atoms with E-state index in [9.17, 15) is 19.8 Å². The van der Waals surface area contributed by atoms with E-state index in [1.54, 1.807) is 25.2 Å². The number of hydrogen-bond donors (Lipinski definition) is 6. The fraction of sp³-hybridized carbons (Fsp3) is 0.389. The number of hydrogen-bond acceptors (Lipinski definition) is 8. The van der Waals surface area contributed by atoms with E-state index in [4.69, 9.17) is 11.5 Å². The van der Waals surface area contributed by atoms with Crippen molar-refractivity contribution >= 4 is 29.0 Å². The molecular formula is C36H46N6O4S. The number of aliphatic imine (C=N–C) groups is 1. The molecule has 1 aromatic heterocycles. The largest absolute Gasteiger partial charge is 0.509 e. The minimum absolute atomic E-state index is 0.0830. The normalized spacial score (nSPS) is 15.6. The lowest BCUT2D eigenvalue weighted by Crippen LogP contribution is -2.32. The number of carbonyl (C=O) groups is 2. The molecule has 2 atom stereocenters. The number of benzene rings is 2. The molecule has 0 saturated heterocycles. The highest BCUT2D eigenvalue weighted by Crippen LogP contribution is 2.35. The van der Waals surface area contributed by atoms with Crippen LogP contribution in [0, 0.1) is 6.92 Å². The number of amides is 2.